The molecule has 0 saturated carbocycles. The van der Waals surface area contributed by atoms with E-state index in [1.54, 1.807) is 33.8 Å². The van der Waals surface area contributed by atoms with Crippen molar-refractivity contribution >= 4 is 46.1 Å². The molecule has 50 heavy (non-hydrogen) atoms. The first-order chi connectivity index (χ1) is 24.4. The van der Waals surface area contributed by atoms with E-state index in [2.05, 4.69) is 33.2 Å². The van der Waals surface area contributed by atoms with Crippen molar-refractivity contribution in [3.05, 3.63) is 96.3 Å². The number of urea groups is 2. The van der Waals surface area contributed by atoms with E-state index in [1.165, 1.54) is 6.20 Å². The predicted octanol–water partition coefficient (Wildman–Crippen LogP) is 6.49. The molecule has 258 valence electrons. The monoisotopic (exact) mass is 676 g/mol. The van der Waals surface area contributed by atoms with Crippen LogP contribution in [-0.4, -0.2) is 70.5 Å². The van der Waals surface area contributed by atoms with Crippen molar-refractivity contribution in [2.24, 2.45) is 0 Å². The fourth-order valence-electron chi connectivity index (χ4n) is 5.53. The molecule has 3 heterocycles. The Kier molecular flexibility index (Phi) is 10.8. The number of pyridine rings is 1. The molecular formula is C37H40N8O5. The highest BCUT2D eigenvalue weighted by atomic mass is 16.5. The first kappa shape index (κ1) is 33.9. The number of carbonyl (C=O) groups is 3. The Bertz CT molecular complexity index is 1970. The Morgan fingerprint density at radius 1 is 0.880 bits per heavy atom. The third kappa shape index (κ3) is 8.55. The number of carbonyl (C=O) groups excluding carboxylic acids is 3. The zero-order chi connectivity index (χ0) is 34.9. The van der Waals surface area contributed by atoms with Crippen molar-refractivity contribution in [2.75, 3.05) is 48.8 Å². The van der Waals surface area contributed by atoms with Crippen LogP contribution in [0.5, 0.6) is 11.5 Å². The highest BCUT2D eigenvalue weighted by Crippen LogP contribution is 2.35. The number of rotatable bonds is 11. The lowest BCUT2D eigenvalue weighted by atomic mass is 10.1. The molecule has 4 N–H and O–H groups in total. The molecule has 13 heteroatoms. The third-order valence-corrected chi connectivity index (χ3v) is 8.16. The average molecular weight is 677 g/mol. The molecule has 5 aromatic rings. The van der Waals surface area contributed by atoms with Gasteiger partial charge >= 0.3 is 12.1 Å². The van der Waals surface area contributed by atoms with Crippen molar-refractivity contribution in [2.45, 2.75) is 33.1 Å². The molecule has 0 spiro atoms. The molecule has 13 nitrogen and oxygen atoms in total. The Hall–Kier alpha value is -5.95. The van der Waals surface area contributed by atoms with Gasteiger partial charge in [0.25, 0.3) is 0 Å². The summed E-state index contributed by atoms with van der Waals surface area (Å²) in [5.74, 6) is 1.62. The summed E-state index contributed by atoms with van der Waals surface area (Å²) in [6.07, 6.45) is 4.38. The van der Waals surface area contributed by atoms with Crippen LogP contribution < -0.4 is 26.0 Å². The van der Waals surface area contributed by atoms with Crippen LogP contribution in [0.25, 0.3) is 16.5 Å². The lowest BCUT2D eigenvalue weighted by molar-refractivity contribution is -0.134. The van der Waals surface area contributed by atoms with Crippen molar-refractivity contribution in [1.82, 2.24) is 25.0 Å². The highest BCUT2D eigenvalue weighted by Gasteiger charge is 2.18. The van der Waals surface area contributed by atoms with Crippen LogP contribution in [-0.2, 0) is 16.0 Å². The number of amides is 5. The van der Waals surface area contributed by atoms with E-state index in [9.17, 15) is 14.4 Å². The molecule has 3 aromatic carbocycles. The summed E-state index contributed by atoms with van der Waals surface area (Å²) >= 11 is 0. The van der Waals surface area contributed by atoms with E-state index in [0.29, 0.717) is 49.3 Å². The van der Waals surface area contributed by atoms with Crippen LogP contribution in [0.2, 0.25) is 0 Å². The first-order valence-corrected chi connectivity index (χ1v) is 16.7. The zero-order valence-electron chi connectivity index (χ0n) is 28.1. The molecule has 0 radical (unpaired) electrons. The largest absolute Gasteiger partial charge is 0.457 e. The summed E-state index contributed by atoms with van der Waals surface area (Å²) in [4.78, 5) is 44.1. The lowest BCUT2D eigenvalue weighted by Crippen LogP contribution is -2.46. The fraction of sp³-hybridized carbons (Fsp3) is 0.270. The van der Waals surface area contributed by atoms with Gasteiger partial charge < -0.3 is 25.0 Å². The van der Waals surface area contributed by atoms with Crippen molar-refractivity contribution in [1.29, 1.82) is 0 Å². The number of hydrogen-bond donors (Lipinski definition) is 4. The number of morpholine rings is 1. The summed E-state index contributed by atoms with van der Waals surface area (Å²) in [7, 11) is 0. The highest BCUT2D eigenvalue weighted by molar-refractivity contribution is 6.07. The Morgan fingerprint density at radius 2 is 1.66 bits per heavy atom. The second kappa shape index (κ2) is 16.0. The summed E-state index contributed by atoms with van der Waals surface area (Å²) in [5, 5.41) is 17.5. The summed E-state index contributed by atoms with van der Waals surface area (Å²) in [5.41, 5.74) is 3.49. The second-order valence-electron chi connectivity index (χ2n) is 11.9. The van der Waals surface area contributed by atoms with Crippen molar-refractivity contribution < 1.29 is 23.9 Å². The van der Waals surface area contributed by atoms with Gasteiger partial charge in [0.2, 0.25) is 5.91 Å². The standard InChI is InChI=1S/C37H40N8O5/c1-3-4-7-26-22-34(45(43-26)27-12-10-25(2)11-13-27)42-37(48)40-31-14-15-32(30-9-6-5-8-29(30)31)50-28-16-17-38-33(23-28)41-36(47)39-24-35(46)44-18-20-49-21-19-44/h5-6,8-17,22-23H,3-4,7,18-21,24H2,1-2H3,(H2,40,42,48)(H2,38,39,41,47). The lowest BCUT2D eigenvalue weighted by Gasteiger charge is -2.26. The van der Waals surface area contributed by atoms with E-state index in [-0.39, 0.29) is 18.3 Å². The van der Waals surface area contributed by atoms with Crippen LogP contribution in [0.1, 0.15) is 31.0 Å². The van der Waals surface area contributed by atoms with E-state index in [4.69, 9.17) is 14.6 Å². The Morgan fingerprint density at radius 3 is 2.44 bits per heavy atom. The predicted molar refractivity (Wildman–Crippen MR) is 192 cm³/mol. The van der Waals surface area contributed by atoms with Gasteiger partial charge in [-0.3, -0.25) is 15.4 Å². The SMILES string of the molecule is CCCCc1cc(NC(=O)Nc2ccc(Oc3ccnc(NC(=O)NCC(=O)N4CCOCC4)c3)c3ccccc23)n(-c2ccc(C)cc2)n1. The number of hydrogen-bond acceptors (Lipinski definition) is 7. The molecule has 6 rings (SSSR count). The van der Waals surface area contributed by atoms with Gasteiger partial charge in [-0.15, -0.1) is 0 Å². The summed E-state index contributed by atoms with van der Waals surface area (Å²) < 4.78 is 13.3. The number of benzene rings is 3. The number of ether oxygens (including phenoxy) is 2. The van der Waals surface area contributed by atoms with Crippen molar-refractivity contribution in [3.8, 4) is 17.2 Å². The number of nitrogens with one attached hydrogen (secondary N) is 4. The number of unbranched alkanes of at least 4 members (excludes halogenated alkanes) is 1. The molecular weight excluding hydrogens is 636 g/mol. The number of aromatic nitrogens is 3. The number of anilines is 3. The third-order valence-electron chi connectivity index (χ3n) is 8.16. The maximum absolute atomic E-state index is 13.4. The van der Waals surface area contributed by atoms with Crippen LogP contribution in [0.15, 0.2) is 85.1 Å². The Balaban J connectivity index is 1.13. The van der Waals surface area contributed by atoms with E-state index in [1.807, 2.05) is 61.5 Å². The maximum Gasteiger partial charge on any atom is 0.324 e. The number of fused-ring (bicyclic) bond motifs is 1. The smallest absolute Gasteiger partial charge is 0.324 e. The fourth-order valence-corrected chi connectivity index (χ4v) is 5.53. The van der Waals surface area contributed by atoms with Gasteiger partial charge in [0.05, 0.1) is 36.8 Å². The van der Waals surface area contributed by atoms with Crippen molar-refractivity contribution in [3.63, 3.8) is 0 Å². The molecule has 0 unspecified atom stereocenters. The first-order valence-electron chi connectivity index (χ1n) is 16.7. The zero-order valence-corrected chi connectivity index (χ0v) is 28.1. The quantitative estimate of drug-likeness (QED) is 0.125. The Labute approximate surface area is 290 Å². The molecule has 0 aliphatic carbocycles. The average Bonchev–Trinajstić information content (AvgIpc) is 3.53. The maximum atomic E-state index is 13.4. The minimum atomic E-state index is -0.561. The van der Waals surface area contributed by atoms with E-state index >= 15 is 0 Å². The van der Waals surface area contributed by atoms with Gasteiger partial charge in [0, 0.05) is 42.2 Å². The normalized spacial score (nSPS) is 12.7. The van der Waals surface area contributed by atoms with E-state index < -0.39 is 12.1 Å². The van der Waals surface area contributed by atoms with Gasteiger partial charge in [0.15, 0.2) is 0 Å². The molecule has 1 aliphatic heterocycles. The van der Waals surface area contributed by atoms with Gasteiger partial charge in [-0.05, 0) is 50.1 Å². The minimum absolute atomic E-state index is 0.136. The van der Waals surface area contributed by atoms with Gasteiger partial charge in [0.1, 0.15) is 23.1 Å². The molecule has 2 aromatic heterocycles. The molecule has 0 atom stereocenters. The summed E-state index contributed by atoms with van der Waals surface area (Å²) in [6.45, 7) is 6.01. The van der Waals surface area contributed by atoms with E-state index in [0.717, 1.165) is 47.0 Å². The molecule has 1 aliphatic rings. The molecule has 1 fully saturated rings. The molecule has 5 amide bonds. The van der Waals surface area contributed by atoms with Crippen LogP contribution in [0.3, 0.4) is 0 Å². The van der Waals surface area contributed by atoms with Gasteiger partial charge in [-0.25, -0.2) is 19.3 Å². The minimum Gasteiger partial charge on any atom is -0.457 e. The topological polar surface area (TPSA) is 152 Å². The molecule has 0 bridgehead atoms. The second-order valence-corrected chi connectivity index (χ2v) is 11.9. The summed E-state index contributed by atoms with van der Waals surface area (Å²) in [6, 6.07) is 23.3. The molecule has 1 saturated heterocycles. The van der Waals surface area contributed by atoms with Crippen LogP contribution in [0, 0.1) is 6.92 Å². The van der Waals surface area contributed by atoms with Crippen LogP contribution >= 0.6 is 0 Å². The van der Waals surface area contributed by atoms with Gasteiger partial charge in [-0.1, -0.05) is 55.3 Å². The number of aryl methyl sites for hydroxylation is 2. The van der Waals surface area contributed by atoms with Gasteiger partial charge in [-0.2, -0.15) is 5.10 Å². The number of nitrogens with zero attached hydrogens (tertiary/aromatic N) is 4. The van der Waals surface area contributed by atoms with Crippen LogP contribution in [0.4, 0.5) is 26.9 Å².